The highest BCUT2D eigenvalue weighted by Crippen LogP contribution is 2.35. The second-order valence-corrected chi connectivity index (χ2v) is 9.03. The summed E-state index contributed by atoms with van der Waals surface area (Å²) in [6.07, 6.45) is 8.35. The molecule has 35 heavy (non-hydrogen) atoms. The van der Waals surface area contributed by atoms with Gasteiger partial charge in [-0.3, -0.25) is 4.79 Å². The fourth-order valence-electron chi connectivity index (χ4n) is 4.04. The van der Waals surface area contributed by atoms with E-state index < -0.39 is 0 Å². The van der Waals surface area contributed by atoms with E-state index in [1.54, 1.807) is 0 Å². The Morgan fingerprint density at radius 1 is 0.714 bits per heavy atom. The van der Waals surface area contributed by atoms with Gasteiger partial charge in [0, 0.05) is 18.0 Å². The Labute approximate surface area is 210 Å². The SMILES string of the molecule is CCCCCCn1c(=O)c(OCc2ccccc2)c(OCCCC)c2ccc(OCCCC)cc21. The maximum Gasteiger partial charge on any atom is 0.297 e. The summed E-state index contributed by atoms with van der Waals surface area (Å²) in [5.74, 6) is 1.62. The van der Waals surface area contributed by atoms with E-state index in [0.29, 0.717) is 37.9 Å². The van der Waals surface area contributed by atoms with E-state index in [1.807, 2.05) is 53.1 Å². The number of aromatic nitrogens is 1. The predicted octanol–water partition coefficient (Wildman–Crippen LogP) is 7.52. The molecule has 0 aliphatic heterocycles. The molecule has 0 N–H and O–H groups in total. The monoisotopic (exact) mass is 479 g/mol. The first kappa shape index (κ1) is 26.7. The van der Waals surface area contributed by atoms with Crippen molar-refractivity contribution in [3.63, 3.8) is 0 Å². The van der Waals surface area contributed by atoms with E-state index in [0.717, 1.165) is 73.6 Å². The first-order valence-corrected chi connectivity index (χ1v) is 13.3. The largest absolute Gasteiger partial charge is 0.494 e. The number of pyridine rings is 1. The minimum absolute atomic E-state index is 0.137. The highest BCUT2D eigenvalue weighted by atomic mass is 16.5. The van der Waals surface area contributed by atoms with Crippen molar-refractivity contribution >= 4 is 10.9 Å². The van der Waals surface area contributed by atoms with Crippen LogP contribution in [-0.4, -0.2) is 17.8 Å². The summed E-state index contributed by atoms with van der Waals surface area (Å²) in [6, 6.07) is 15.9. The van der Waals surface area contributed by atoms with Crippen molar-refractivity contribution in [2.24, 2.45) is 0 Å². The van der Waals surface area contributed by atoms with Crippen LogP contribution in [0.5, 0.6) is 17.2 Å². The summed E-state index contributed by atoms with van der Waals surface area (Å²) < 4.78 is 20.2. The first-order chi connectivity index (χ1) is 17.2. The zero-order chi connectivity index (χ0) is 24.9. The molecule has 0 aliphatic carbocycles. The number of aryl methyl sites for hydroxylation is 1. The van der Waals surface area contributed by atoms with Gasteiger partial charge in [-0.2, -0.15) is 0 Å². The highest BCUT2D eigenvalue weighted by molar-refractivity contribution is 5.89. The van der Waals surface area contributed by atoms with Crippen molar-refractivity contribution in [1.82, 2.24) is 4.57 Å². The lowest BCUT2D eigenvalue weighted by Crippen LogP contribution is -2.24. The first-order valence-electron chi connectivity index (χ1n) is 13.3. The molecule has 0 amide bonds. The Bertz CT molecular complexity index is 1090. The van der Waals surface area contributed by atoms with Crippen LogP contribution < -0.4 is 19.8 Å². The van der Waals surface area contributed by atoms with Gasteiger partial charge in [0.1, 0.15) is 12.4 Å². The summed E-state index contributed by atoms with van der Waals surface area (Å²) in [6.45, 7) is 8.64. The van der Waals surface area contributed by atoms with Crippen LogP contribution in [-0.2, 0) is 13.2 Å². The lowest BCUT2D eigenvalue weighted by molar-refractivity contribution is 0.256. The molecular formula is C30H41NO4. The predicted molar refractivity (Wildman–Crippen MR) is 144 cm³/mol. The molecule has 5 heteroatoms. The van der Waals surface area contributed by atoms with Crippen molar-refractivity contribution in [1.29, 1.82) is 0 Å². The average Bonchev–Trinajstić information content (AvgIpc) is 2.88. The van der Waals surface area contributed by atoms with Crippen molar-refractivity contribution in [2.45, 2.75) is 85.3 Å². The zero-order valence-electron chi connectivity index (χ0n) is 21.7. The summed E-state index contributed by atoms with van der Waals surface area (Å²) >= 11 is 0. The van der Waals surface area contributed by atoms with Gasteiger partial charge in [0.05, 0.1) is 18.7 Å². The molecule has 0 radical (unpaired) electrons. The van der Waals surface area contributed by atoms with Crippen LogP contribution >= 0.6 is 0 Å². The minimum atomic E-state index is -0.137. The number of hydrogen-bond donors (Lipinski definition) is 0. The van der Waals surface area contributed by atoms with Gasteiger partial charge in [-0.25, -0.2) is 0 Å². The molecule has 3 aromatic rings. The van der Waals surface area contributed by atoms with Crippen LogP contribution in [0.3, 0.4) is 0 Å². The van der Waals surface area contributed by atoms with Crippen LogP contribution in [0.25, 0.3) is 10.9 Å². The summed E-state index contributed by atoms with van der Waals surface area (Å²) in [5, 5.41) is 0.891. The maximum absolute atomic E-state index is 13.8. The molecule has 0 unspecified atom stereocenters. The molecule has 1 heterocycles. The molecule has 3 rings (SSSR count). The Hall–Kier alpha value is -2.95. The fourth-order valence-corrected chi connectivity index (χ4v) is 4.04. The summed E-state index contributed by atoms with van der Waals surface area (Å²) in [5.41, 5.74) is 1.72. The van der Waals surface area contributed by atoms with Crippen LogP contribution in [0.15, 0.2) is 53.3 Å². The summed E-state index contributed by atoms with van der Waals surface area (Å²) in [7, 11) is 0. The summed E-state index contributed by atoms with van der Waals surface area (Å²) in [4.78, 5) is 13.8. The van der Waals surface area contributed by atoms with Gasteiger partial charge in [-0.1, -0.05) is 83.2 Å². The Balaban J connectivity index is 2.06. The molecule has 1 aromatic heterocycles. The van der Waals surface area contributed by atoms with Crippen molar-refractivity contribution < 1.29 is 14.2 Å². The topological polar surface area (TPSA) is 49.7 Å². The Morgan fingerprint density at radius 2 is 1.43 bits per heavy atom. The molecule has 0 aliphatic rings. The average molecular weight is 480 g/mol. The van der Waals surface area contributed by atoms with Crippen LogP contribution in [0.2, 0.25) is 0 Å². The number of benzene rings is 2. The maximum atomic E-state index is 13.8. The zero-order valence-corrected chi connectivity index (χ0v) is 21.7. The molecule has 5 nitrogen and oxygen atoms in total. The third kappa shape index (κ3) is 7.51. The van der Waals surface area contributed by atoms with E-state index in [4.69, 9.17) is 14.2 Å². The van der Waals surface area contributed by atoms with Gasteiger partial charge >= 0.3 is 0 Å². The highest BCUT2D eigenvalue weighted by Gasteiger charge is 2.20. The van der Waals surface area contributed by atoms with Crippen molar-refractivity contribution in [3.8, 4) is 17.2 Å². The molecule has 190 valence electrons. The Morgan fingerprint density at radius 3 is 2.14 bits per heavy atom. The van der Waals surface area contributed by atoms with Gasteiger partial charge < -0.3 is 18.8 Å². The van der Waals surface area contributed by atoms with Gasteiger partial charge in [-0.15, -0.1) is 0 Å². The second-order valence-electron chi connectivity index (χ2n) is 9.03. The molecule has 0 saturated heterocycles. The minimum Gasteiger partial charge on any atom is -0.494 e. The second kappa shape index (κ2) is 14.4. The van der Waals surface area contributed by atoms with Gasteiger partial charge in [0.15, 0.2) is 5.75 Å². The van der Waals surface area contributed by atoms with Gasteiger partial charge in [0.2, 0.25) is 5.75 Å². The number of nitrogens with zero attached hydrogens (tertiary/aromatic N) is 1. The molecule has 0 saturated carbocycles. The van der Waals surface area contributed by atoms with E-state index in [2.05, 4.69) is 20.8 Å². The third-order valence-corrected chi connectivity index (χ3v) is 6.12. The number of hydrogen-bond acceptors (Lipinski definition) is 4. The van der Waals surface area contributed by atoms with Crippen LogP contribution in [0.4, 0.5) is 0 Å². The lowest BCUT2D eigenvalue weighted by atomic mass is 10.1. The van der Waals surface area contributed by atoms with Gasteiger partial charge in [0.25, 0.3) is 5.56 Å². The molecule has 0 bridgehead atoms. The number of unbranched alkanes of at least 4 members (excludes halogenated alkanes) is 5. The quantitative estimate of drug-likeness (QED) is 0.199. The molecular weight excluding hydrogens is 438 g/mol. The molecule has 0 fully saturated rings. The van der Waals surface area contributed by atoms with Crippen molar-refractivity contribution in [2.75, 3.05) is 13.2 Å². The lowest BCUT2D eigenvalue weighted by Gasteiger charge is -2.19. The van der Waals surface area contributed by atoms with Crippen LogP contribution in [0, 0.1) is 0 Å². The molecule has 0 atom stereocenters. The number of ether oxygens (including phenoxy) is 3. The molecule has 2 aromatic carbocycles. The van der Waals surface area contributed by atoms with E-state index in [9.17, 15) is 4.79 Å². The fraction of sp³-hybridized carbons (Fsp3) is 0.500. The smallest absolute Gasteiger partial charge is 0.297 e. The molecule has 0 spiro atoms. The standard InChI is InChI=1S/C30H41NO4/c1-4-7-10-14-19-31-27-22-25(33-20-8-5-2)17-18-26(27)28(34-21-9-6-3)29(30(31)32)35-23-24-15-12-11-13-16-24/h11-13,15-18,22H,4-10,14,19-21,23H2,1-3H3. The number of fused-ring (bicyclic) bond motifs is 1. The number of rotatable bonds is 16. The normalized spacial score (nSPS) is 11.1. The van der Waals surface area contributed by atoms with Crippen LogP contribution in [0.1, 0.15) is 77.7 Å². The van der Waals surface area contributed by atoms with Gasteiger partial charge in [-0.05, 0) is 37.0 Å². The van der Waals surface area contributed by atoms with E-state index in [-0.39, 0.29) is 5.56 Å². The van der Waals surface area contributed by atoms with E-state index in [1.165, 1.54) is 0 Å². The van der Waals surface area contributed by atoms with Crippen molar-refractivity contribution in [3.05, 3.63) is 64.4 Å². The Kier molecular flexibility index (Phi) is 11.0. The van der Waals surface area contributed by atoms with E-state index >= 15 is 0 Å². The third-order valence-electron chi connectivity index (χ3n) is 6.12.